The monoisotopic (exact) mass is 166 g/mol. The maximum Gasteiger partial charge on any atom is 0.339 e. The van der Waals surface area contributed by atoms with Crippen molar-refractivity contribution in [2.45, 2.75) is 6.10 Å². The predicted molar refractivity (Wildman–Crippen MR) is 31.0 cm³/mol. The van der Waals surface area contributed by atoms with Crippen molar-refractivity contribution in [3.8, 4) is 0 Å². The fourth-order valence-corrected chi connectivity index (χ4v) is 1.12. The van der Waals surface area contributed by atoms with Crippen LogP contribution in [0.4, 0.5) is 0 Å². The molecular formula is C4H6O5S. The third-order valence-corrected chi connectivity index (χ3v) is 1.69. The Morgan fingerprint density at radius 3 is 2.90 bits per heavy atom. The third kappa shape index (κ3) is 1.53. The Balaban J connectivity index is 2.44. The van der Waals surface area contributed by atoms with Gasteiger partial charge < -0.3 is 4.74 Å². The van der Waals surface area contributed by atoms with Gasteiger partial charge in [0, 0.05) is 0 Å². The lowest BCUT2D eigenvalue weighted by atomic mass is 10.4. The number of esters is 1. The molecule has 0 amide bonds. The summed E-state index contributed by atoms with van der Waals surface area (Å²) in [5.74, 6) is -0.564. The molecule has 1 saturated heterocycles. The Labute approximate surface area is 60.1 Å². The van der Waals surface area contributed by atoms with Crippen molar-refractivity contribution in [3.05, 3.63) is 0 Å². The molecular weight excluding hydrogens is 160 g/mol. The van der Waals surface area contributed by atoms with Crippen molar-refractivity contribution < 1.29 is 22.1 Å². The highest BCUT2D eigenvalue weighted by molar-refractivity contribution is 7.75. The third-order valence-electron chi connectivity index (χ3n) is 0.974. The van der Waals surface area contributed by atoms with Gasteiger partial charge in [-0.1, -0.05) is 0 Å². The van der Waals surface area contributed by atoms with Crippen LogP contribution in [0.2, 0.25) is 0 Å². The molecule has 1 rings (SSSR count). The Kier molecular flexibility index (Phi) is 2.36. The summed E-state index contributed by atoms with van der Waals surface area (Å²) in [5, 5.41) is 0. The van der Waals surface area contributed by atoms with Crippen LogP contribution in [-0.4, -0.2) is 30.0 Å². The maximum atomic E-state index is 10.6. The minimum atomic E-state index is -1.78. The average molecular weight is 166 g/mol. The van der Waals surface area contributed by atoms with Gasteiger partial charge in [0.1, 0.15) is 6.61 Å². The lowest BCUT2D eigenvalue weighted by Crippen LogP contribution is -2.23. The van der Waals surface area contributed by atoms with Crippen LogP contribution in [0.1, 0.15) is 0 Å². The molecule has 0 bridgehead atoms. The second-order valence-corrected chi connectivity index (χ2v) is 2.43. The number of rotatable bonds is 1. The summed E-state index contributed by atoms with van der Waals surface area (Å²) >= 11 is -1.78. The van der Waals surface area contributed by atoms with Gasteiger partial charge in [-0.2, -0.15) is 4.21 Å². The lowest BCUT2D eigenvalue weighted by molar-refractivity contribution is -0.147. The largest absolute Gasteiger partial charge is 0.467 e. The van der Waals surface area contributed by atoms with Gasteiger partial charge in [0.2, 0.25) is 0 Å². The van der Waals surface area contributed by atoms with Gasteiger partial charge in [0.25, 0.3) is 0 Å². The topological polar surface area (TPSA) is 61.8 Å². The fraction of sp³-hybridized carbons (Fsp3) is 0.750. The van der Waals surface area contributed by atoms with Gasteiger partial charge >= 0.3 is 17.3 Å². The van der Waals surface area contributed by atoms with E-state index in [-0.39, 0.29) is 6.61 Å². The van der Waals surface area contributed by atoms with Crippen LogP contribution in [0.25, 0.3) is 0 Å². The van der Waals surface area contributed by atoms with Crippen molar-refractivity contribution in [1.29, 1.82) is 0 Å². The van der Waals surface area contributed by atoms with Crippen molar-refractivity contribution in [2.75, 3.05) is 13.7 Å². The van der Waals surface area contributed by atoms with Gasteiger partial charge in [-0.05, 0) is 0 Å². The van der Waals surface area contributed by atoms with Crippen LogP contribution in [0.5, 0.6) is 0 Å². The van der Waals surface area contributed by atoms with E-state index in [4.69, 9.17) is 0 Å². The van der Waals surface area contributed by atoms with Gasteiger partial charge in [0.05, 0.1) is 7.11 Å². The Morgan fingerprint density at radius 2 is 2.50 bits per heavy atom. The zero-order valence-corrected chi connectivity index (χ0v) is 6.05. The van der Waals surface area contributed by atoms with E-state index in [0.717, 1.165) is 0 Å². The van der Waals surface area contributed by atoms with E-state index in [9.17, 15) is 9.00 Å². The molecule has 2 atom stereocenters. The van der Waals surface area contributed by atoms with Gasteiger partial charge in [-0.15, -0.1) is 0 Å². The molecule has 6 heteroatoms. The molecule has 0 N–H and O–H groups in total. The molecule has 0 aromatic rings. The first-order valence-corrected chi connectivity index (χ1v) is 3.54. The minimum Gasteiger partial charge on any atom is -0.467 e. The molecule has 0 aromatic carbocycles. The molecule has 5 nitrogen and oxygen atoms in total. The SMILES string of the molecule is COC(=O)C1COS(=O)O1. The second-order valence-electron chi connectivity index (χ2n) is 1.60. The highest BCUT2D eigenvalue weighted by Gasteiger charge is 2.30. The van der Waals surface area contributed by atoms with Crippen LogP contribution in [-0.2, 0) is 29.3 Å². The van der Waals surface area contributed by atoms with E-state index in [1.165, 1.54) is 7.11 Å². The summed E-state index contributed by atoms with van der Waals surface area (Å²) < 4.78 is 23.6. The molecule has 0 saturated carbocycles. The standard InChI is InChI=1S/C4H6O5S/c1-7-4(5)3-2-8-10(6)9-3/h3H,2H2,1H3. The molecule has 2 unspecified atom stereocenters. The van der Waals surface area contributed by atoms with Crippen molar-refractivity contribution in [1.82, 2.24) is 0 Å². The zero-order valence-electron chi connectivity index (χ0n) is 5.23. The van der Waals surface area contributed by atoms with Crippen LogP contribution in [0, 0.1) is 0 Å². The van der Waals surface area contributed by atoms with E-state index in [0.29, 0.717) is 0 Å². The lowest BCUT2D eigenvalue weighted by Gasteiger charge is -2.00. The normalized spacial score (nSPS) is 32.1. The fourth-order valence-electron chi connectivity index (χ4n) is 0.507. The number of hydrogen-bond donors (Lipinski definition) is 0. The van der Waals surface area contributed by atoms with Gasteiger partial charge in [-0.25, -0.2) is 4.79 Å². The van der Waals surface area contributed by atoms with Crippen LogP contribution >= 0.6 is 0 Å². The molecule has 1 aliphatic heterocycles. The molecule has 1 heterocycles. The molecule has 0 spiro atoms. The smallest absolute Gasteiger partial charge is 0.339 e. The van der Waals surface area contributed by atoms with E-state index in [1.807, 2.05) is 0 Å². The Hall–Kier alpha value is -0.460. The van der Waals surface area contributed by atoms with Gasteiger partial charge in [0.15, 0.2) is 6.10 Å². The first-order chi connectivity index (χ1) is 4.74. The summed E-state index contributed by atoms with van der Waals surface area (Å²) in [5.41, 5.74) is 0. The van der Waals surface area contributed by atoms with E-state index >= 15 is 0 Å². The minimum absolute atomic E-state index is 0.000710. The highest BCUT2D eigenvalue weighted by atomic mass is 32.2. The zero-order chi connectivity index (χ0) is 7.56. The van der Waals surface area contributed by atoms with Crippen molar-refractivity contribution >= 4 is 17.3 Å². The summed E-state index contributed by atoms with van der Waals surface area (Å²) in [6, 6.07) is 0. The van der Waals surface area contributed by atoms with Crippen molar-refractivity contribution in [3.63, 3.8) is 0 Å². The number of carbonyl (C=O) groups excluding carboxylic acids is 1. The number of methoxy groups -OCH3 is 1. The van der Waals surface area contributed by atoms with Crippen LogP contribution in [0.3, 0.4) is 0 Å². The second kappa shape index (κ2) is 3.09. The molecule has 0 aliphatic carbocycles. The molecule has 1 fully saturated rings. The molecule has 0 aromatic heterocycles. The van der Waals surface area contributed by atoms with E-state index < -0.39 is 23.4 Å². The van der Waals surface area contributed by atoms with E-state index in [2.05, 4.69) is 13.1 Å². The number of carbonyl (C=O) groups is 1. The van der Waals surface area contributed by atoms with Gasteiger partial charge in [-0.3, -0.25) is 8.37 Å². The quantitative estimate of drug-likeness (QED) is 0.475. The maximum absolute atomic E-state index is 10.6. The molecule has 0 radical (unpaired) electrons. The first-order valence-electron chi connectivity index (χ1n) is 2.54. The summed E-state index contributed by atoms with van der Waals surface area (Å²) in [7, 11) is 1.23. The Bertz CT molecular complexity index is 167. The van der Waals surface area contributed by atoms with Crippen LogP contribution < -0.4 is 0 Å². The summed E-state index contributed by atoms with van der Waals surface area (Å²) in [4.78, 5) is 10.6. The Morgan fingerprint density at radius 1 is 1.80 bits per heavy atom. The highest BCUT2D eigenvalue weighted by Crippen LogP contribution is 2.09. The number of ether oxygens (including phenoxy) is 1. The molecule has 1 aliphatic rings. The van der Waals surface area contributed by atoms with E-state index in [1.54, 1.807) is 0 Å². The first kappa shape index (κ1) is 7.64. The average Bonchev–Trinajstić information content (AvgIpc) is 2.34. The number of hydrogen-bond acceptors (Lipinski definition) is 5. The van der Waals surface area contributed by atoms with Crippen molar-refractivity contribution in [2.24, 2.45) is 0 Å². The summed E-state index contributed by atoms with van der Waals surface area (Å²) in [6.07, 6.45) is -0.828. The molecule has 58 valence electrons. The van der Waals surface area contributed by atoms with Crippen LogP contribution in [0.15, 0.2) is 0 Å². The molecule has 10 heavy (non-hydrogen) atoms. The summed E-state index contributed by atoms with van der Waals surface area (Å²) in [6.45, 7) is -0.000710. The predicted octanol–water partition coefficient (Wildman–Crippen LogP) is -0.847.